The fourth-order valence-electron chi connectivity index (χ4n) is 3.29. The standard InChI is InChI=1S/C21H23N5O2/c1-14-19(24-13-23-14)20-21(26-11-5-4-6-18(26)25-20)22-10-9-15-7-8-16(27-2)17(12-15)28-3/h4-8,11-13,22H,9-10H2,1-3H3,(H,23,24). The lowest BCUT2D eigenvalue weighted by atomic mass is 10.1. The molecule has 7 nitrogen and oxygen atoms in total. The van der Waals surface area contributed by atoms with Gasteiger partial charge in [-0.15, -0.1) is 0 Å². The van der Waals surface area contributed by atoms with Crippen molar-refractivity contribution in [3.05, 3.63) is 60.2 Å². The normalized spacial score (nSPS) is 11.0. The number of ether oxygens (including phenoxy) is 2. The van der Waals surface area contributed by atoms with E-state index in [-0.39, 0.29) is 0 Å². The van der Waals surface area contributed by atoms with Gasteiger partial charge in [0.25, 0.3) is 0 Å². The van der Waals surface area contributed by atoms with Crippen LogP contribution in [0.5, 0.6) is 11.5 Å². The van der Waals surface area contributed by atoms with Crippen LogP contribution in [0.4, 0.5) is 5.82 Å². The summed E-state index contributed by atoms with van der Waals surface area (Å²) in [6, 6.07) is 12.0. The van der Waals surface area contributed by atoms with Crippen LogP contribution in [-0.2, 0) is 6.42 Å². The minimum absolute atomic E-state index is 0.734. The fraction of sp³-hybridized carbons (Fsp3) is 0.238. The maximum absolute atomic E-state index is 5.40. The summed E-state index contributed by atoms with van der Waals surface area (Å²) < 4.78 is 12.8. The third-order valence-electron chi connectivity index (χ3n) is 4.74. The molecule has 0 saturated heterocycles. The molecule has 0 amide bonds. The summed E-state index contributed by atoms with van der Waals surface area (Å²) in [5, 5.41) is 3.54. The molecule has 3 aromatic heterocycles. The van der Waals surface area contributed by atoms with E-state index < -0.39 is 0 Å². The van der Waals surface area contributed by atoms with Crippen LogP contribution in [0.15, 0.2) is 48.9 Å². The summed E-state index contributed by atoms with van der Waals surface area (Å²) in [6.07, 6.45) is 4.54. The molecule has 28 heavy (non-hydrogen) atoms. The summed E-state index contributed by atoms with van der Waals surface area (Å²) in [4.78, 5) is 12.4. The molecule has 0 aliphatic heterocycles. The zero-order valence-corrected chi connectivity index (χ0v) is 16.2. The quantitative estimate of drug-likeness (QED) is 0.513. The molecule has 0 saturated carbocycles. The Morgan fingerprint density at radius 2 is 1.93 bits per heavy atom. The van der Waals surface area contributed by atoms with E-state index in [9.17, 15) is 0 Å². The number of hydrogen-bond donors (Lipinski definition) is 2. The first-order chi connectivity index (χ1) is 13.7. The van der Waals surface area contributed by atoms with Crippen molar-refractivity contribution in [2.75, 3.05) is 26.1 Å². The van der Waals surface area contributed by atoms with Gasteiger partial charge in [-0.3, -0.25) is 4.40 Å². The number of aryl methyl sites for hydroxylation is 1. The van der Waals surface area contributed by atoms with Gasteiger partial charge in [-0.2, -0.15) is 0 Å². The van der Waals surface area contributed by atoms with Gasteiger partial charge in [0.1, 0.15) is 22.9 Å². The number of hydrogen-bond acceptors (Lipinski definition) is 5. The largest absolute Gasteiger partial charge is 0.493 e. The molecular formula is C21H23N5O2. The highest BCUT2D eigenvalue weighted by Crippen LogP contribution is 2.30. The molecule has 2 N–H and O–H groups in total. The second-order valence-electron chi connectivity index (χ2n) is 6.48. The van der Waals surface area contributed by atoms with Gasteiger partial charge in [-0.1, -0.05) is 12.1 Å². The molecule has 0 unspecified atom stereocenters. The minimum atomic E-state index is 0.734. The van der Waals surface area contributed by atoms with Crippen molar-refractivity contribution in [3.8, 4) is 22.9 Å². The molecule has 0 bridgehead atoms. The first-order valence-electron chi connectivity index (χ1n) is 9.13. The van der Waals surface area contributed by atoms with Crippen LogP contribution in [0.25, 0.3) is 17.0 Å². The van der Waals surface area contributed by atoms with Crippen molar-refractivity contribution in [2.45, 2.75) is 13.3 Å². The monoisotopic (exact) mass is 377 g/mol. The van der Waals surface area contributed by atoms with Crippen LogP contribution in [-0.4, -0.2) is 40.1 Å². The minimum Gasteiger partial charge on any atom is -0.493 e. The molecule has 7 heteroatoms. The number of nitrogens with one attached hydrogen (secondary N) is 2. The van der Waals surface area contributed by atoms with Gasteiger partial charge in [0.15, 0.2) is 11.5 Å². The van der Waals surface area contributed by atoms with Crippen molar-refractivity contribution < 1.29 is 9.47 Å². The van der Waals surface area contributed by atoms with Gasteiger partial charge in [0.2, 0.25) is 0 Å². The van der Waals surface area contributed by atoms with E-state index in [1.807, 2.05) is 43.5 Å². The second kappa shape index (κ2) is 7.64. The highest BCUT2D eigenvalue weighted by molar-refractivity contribution is 5.75. The summed E-state index contributed by atoms with van der Waals surface area (Å²) >= 11 is 0. The molecule has 4 rings (SSSR count). The fourth-order valence-corrected chi connectivity index (χ4v) is 3.29. The zero-order valence-electron chi connectivity index (χ0n) is 16.2. The van der Waals surface area contributed by atoms with Crippen molar-refractivity contribution in [2.24, 2.45) is 0 Å². The van der Waals surface area contributed by atoms with Crippen molar-refractivity contribution >= 4 is 11.5 Å². The van der Waals surface area contributed by atoms with Crippen LogP contribution in [0.3, 0.4) is 0 Å². The first kappa shape index (κ1) is 17.9. The Bertz CT molecular complexity index is 1100. The number of methoxy groups -OCH3 is 2. The highest BCUT2D eigenvalue weighted by atomic mass is 16.5. The molecule has 0 fully saturated rings. The molecule has 0 aliphatic rings. The lowest BCUT2D eigenvalue weighted by Gasteiger charge is -2.11. The number of benzene rings is 1. The number of H-pyrrole nitrogens is 1. The lowest BCUT2D eigenvalue weighted by molar-refractivity contribution is 0.354. The van der Waals surface area contributed by atoms with E-state index >= 15 is 0 Å². The van der Waals surface area contributed by atoms with Gasteiger partial charge < -0.3 is 19.8 Å². The summed E-state index contributed by atoms with van der Waals surface area (Å²) in [5.41, 5.74) is 4.74. The van der Waals surface area contributed by atoms with Crippen LogP contribution in [0.1, 0.15) is 11.3 Å². The highest BCUT2D eigenvalue weighted by Gasteiger charge is 2.17. The van der Waals surface area contributed by atoms with Gasteiger partial charge in [-0.25, -0.2) is 9.97 Å². The topological polar surface area (TPSA) is 76.5 Å². The van der Waals surface area contributed by atoms with Crippen LogP contribution >= 0.6 is 0 Å². The van der Waals surface area contributed by atoms with Crippen LogP contribution in [0, 0.1) is 6.92 Å². The van der Waals surface area contributed by atoms with E-state index in [2.05, 4.69) is 25.8 Å². The predicted molar refractivity (Wildman–Crippen MR) is 109 cm³/mol. The Hall–Kier alpha value is -3.48. The Labute approximate surface area is 163 Å². The number of aromatic nitrogens is 4. The van der Waals surface area contributed by atoms with E-state index in [4.69, 9.17) is 14.5 Å². The summed E-state index contributed by atoms with van der Waals surface area (Å²) in [5.74, 6) is 2.41. The number of rotatable bonds is 7. The average Bonchev–Trinajstić information content (AvgIpc) is 3.31. The van der Waals surface area contributed by atoms with Crippen LogP contribution < -0.4 is 14.8 Å². The van der Waals surface area contributed by atoms with Crippen molar-refractivity contribution in [3.63, 3.8) is 0 Å². The van der Waals surface area contributed by atoms with E-state index in [0.717, 1.165) is 58.6 Å². The smallest absolute Gasteiger partial charge is 0.160 e. The Balaban J connectivity index is 1.59. The molecule has 3 heterocycles. The molecule has 1 aromatic carbocycles. The van der Waals surface area contributed by atoms with Crippen LogP contribution in [0.2, 0.25) is 0 Å². The maximum Gasteiger partial charge on any atom is 0.160 e. The van der Waals surface area contributed by atoms with Gasteiger partial charge in [0, 0.05) is 18.4 Å². The summed E-state index contributed by atoms with van der Waals surface area (Å²) in [6.45, 7) is 2.74. The average molecular weight is 377 g/mol. The molecule has 0 aliphatic carbocycles. The number of nitrogens with zero attached hydrogens (tertiary/aromatic N) is 3. The van der Waals surface area contributed by atoms with Gasteiger partial charge >= 0.3 is 0 Å². The van der Waals surface area contributed by atoms with E-state index in [1.54, 1.807) is 20.5 Å². The third kappa shape index (κ3) is 3.26. The molecule has 0 radical (unpaired) electrons. The second-order valence-corrected chi connectivity index (χ2v) is 6.48. The SMILES string of the molecule is COc1ccc(CCNc2c(-c3nc[nH]c3C)nc3ccccn23)cc1OC. The Morgan fingerprint density at radius 3 is 2.68 bits per heavy atom. The van der Waals surface area contributed by atoms with E-state index in [0.29, 0.717) is 0 Å². The number of fused-ring (bicyclic) bond motifs is 1. The molecule has 4 aromatic rings. The van der Waals surface area contributed by atoms with Gasteiger partial charge in [-0.05, 0) is 43.2 Å². The molecular weight excluding hydrogens is 354 g/mol. The maximum atomic E-state index is 5.40. The third-order valence-corrected chi connectivity index (χ3v) is 4.74. The first-order valence-corrected chi connectivity index (χ1v) is 9.13. The number of imidazole rings is 2. The van der Waals surface area contributed by atoms with Crippen molar-refractivity contribution in [1.29, 1.82) is 0 Å². The zero-order chi connectivity index (χ0) is 19.5. The Kier molecular flexibility index (Phi) is 4.89. The molecule has 144 valence electrons. The Morgan fingerprint density at radius 1 is 1.07 bits per heavy atom. The lowest BCUT2D eigenvalue weighted by Crippen LogP contribution is -2.08. The van der Waals surface area contributed by atoms with Crippen molar-refractivity contribution in [1.82, 2.24) is 19.4 Å². The summed E-state index contributed by atoms with van der Waals surface area (Å²) in [7, 11) is 3.29. The number of aromatic amines is 1. The molecule has 0 atom stereocenters. The van der Waals surface area contributed by atoms with E-state index in [1.165, 1.54) is 0 Å². The molecule has 0 spiro atoms. The number of pyridine rings is 1. The predicted octanol–water partition coefficient (Wildman–Crippen LogP) is 3.70. The number of anilines is 1. The van der Waals surface area contributed by atoms with Gasteiger partial charge in [0.05, 0.1) is 20.5 Å².